The standard InChI is InChI=1S/C10H18N2O2S/c1-9(8-15(3,13)14)11-7-10-5-4-6-12(10)2/h4-6,9,11H,7-8H2,1-3H3. The summed E-state index contributed by atoms with van der Waals surface area (Å²) < 4.78 is 24.1. The van der Waals surface area contributed by atoms with Gasteiger partial charge in [-0.3, -0.25) is 0 Å². The van der Waals surface area contributed by atoms with Crippen molar-refractivity contribution >= 4 is 9.84 Å². The Morgan fingerprint density at radius 2 is 2.20 bits per heavy atom. The maximum absolute atomic E-state index is 11.0. The Hall–Kier alpha value is -0.810. The van der Waals surface area contributed by atoms with Gasteiger partial charge in [-0.15, -0.1) is 0 Å². The molecule has 4 nitrogen and oxygen atoms in total. The number of aromatic nitrogens is 1. The second-order valence-electron chi connectivity index (χ2n) is 3.98. The average molecular weight is 230 g/mol. The Balaban J connectivity index is 2.41. The second kappa shape index (κ2) is 4.81. The van der Waals surface area contributed by atoms with Crippen LogP contribution in [-0.4, -0.2) is 31.0 Å². The lowest BCUT2D eigenvalue weighted by Gasteiger charge is -2.12. The highest BCUT2D eigenvalue weighted by molar-refractivity contribution is 7.90. The van der Waals surface area contributed by atoms with Crippen molar-refractivity contribution in [2.45, 2.75) is 19.5 Å². The topological polar surface area (TPSA) is 51.1 Å². The lowest BCUT2D eigenvalue weighted by Crippen LogP contribution is -2.32. The first-order valence-electron chi connectivity index (χ1n) is 4.90. The molecule has 0 amide bonds. The predicted octanol–water partition coefficient (Wildman–Crippen LogP) is 0.548. The first-order chi connectivity index (χ1) is 6.88. The molecule has 1 aromatic heterocycles. The summed E-state index contributed by atoms with van der Waals surface area (Å²) in [5.74, 6) is 0.178. The molecule has 0 saturated carbocycles. The molecule has 0 fully saturated rings. The van der Waals surface area contributed by atoms with Crippen LogP contribution >= 0.6 is 0 Å². The van der Waals surface area contributed by atoms with Crippen LogP contribution in [0.4, 0.5) is 0 Å². The van der Waals surface area contributed by atoms with E-state index in [-0.39, 0.29) is 11.8 Å². The molecule has 1 rings (SSSR count). The number of nitrogens with zero attached hydrogens (tertiary/aromatic N) is 1. The Bertz CT molecular complexity index is 409. The van der Waals surface area contributed by atoms with Crippen LogP contribution in [0.5, 0.6) is 0 Å². The molecule has 86 valence electrons. The Morgan fingerprint density at radius 3 is 2.67 bits per heavy atom. The van der Waals surface area contributed by atoms with Crippen LogP contribution < -0.4 is 5.32 Å². The fraction of sp³-hybridized carbons (Fsp3) is 0.600. The fourth-order valence-electron chi connectivity index (χ4n) is 1.47. The van der Waals surface area contributed by atoms with E-state index in [9.17, 15) is 8.42 Å². The number of nitrogens with one attached hydrogen (secondary N) is 1. The van der Waals surface area contributed by atoms with Crippen LogP contribution in [0, 0.1) is 0 Å². The van der Waals surface area contributed by atoms with Crippen LogP contribution in [0.25, 0.3) is 0 Å². The van der Waals surface area contributed by atoms with E-state index in [4.69, 9.17) is 0 Å². The average Bonchev–Trinajstić information content (AvgIpc) is 2.44. The van der Waals surface area contributed by atoms with Crippen molar-refractivity contribution in [3.05, 3.63) is 24.0 Å². The van der Waals surface area contributed by atoms with E-state index in [1.54, 1.807) is 0 Å². The van der Waals surface area contributed by atoms with Crippen molar-refractivity contribution in [2.24, 2.45) is 7.05 Å². The zero-order valence-corrected chi connectivity index (χ0v) is 10.2. The van der Waals surface area contributed by atoms with Gasteiger partial charge in [-0.05, 0) is 19.1 Å². The van der Waals surface area contributed by atoms with Crippen molar-refractivity contribution in [1.82, 2.24) is 9.88 Å². The molecule has 0 aromatic carbocycles. The van der Waals surface area contributed by atoms with E-state index in [0.717, 1.165) is 5.69 Å². The lowest BCUT2D eigenvalue weighted by atomic mass is 10.3. The number of sulfone groups is 1. The minimum Gasteiger partial charge on any atom is -0.353 e. The van der Waals surface area contributed by atoms with Gasteiger partial charge in [0.1, 0.15) is 9.84 Å². The number of hydrogen-bond donors (Lipinski definition) is 1. The molecular formula is C10H18N2O2S. The van der Waals surface area contributed by atoms with E-state index >= 15 is 0 Å². The Morgan fingerprint density at radius 1 is 1.53 bits per heavy atom. The maximum atomic E-state index is 11.0. The lowest BCUT2D eigenvalue weighted by molar-refractivity contribution is 0.551. The second-order valence-corrected chi connectivity index (χ2v) is 6.17. The van der Waals surface area contributed by atoms with Gasteiger partial charge in [0.2, 0.25) is 0 Å². The minimum absolute atomic E-state index is 0.0186. The summed E-state index contributed by atoms with van der Waals surface area (Å²) in [5.41, 5.74) is 1.15. The van der Waals surface area contributed by atoms with Crippen LogP contribution in [0.15, 0.2) is 18.3 Å². The zero-order chi connectivity index (χ0) is 11.5. The highest BCUT2D eigenvalue weighted by Gasteiger charge is 2.09. The largest absolute Gasteiger partial charge is 0.353 e. The molecule has 0 spiro atoms. The third-order valence-corrected chi connectivity index (χ3v) is 3.34. The van der Waals surface area contributed by atoms with Crippen molar-refractivity contribution in [2.75, 3.05) is 12.0 Å². The summed E-state index contributed by atoms with van der Waals surface area (Å²) >= 11 is 0. The van der Waals surface area contributed by atoms with E-state index in [0.29, 0.717) is 6.54 Å². The van der Waals surface area contributed by atoms with Gasteiger partial charge in [-0.2, -0.15) is 0 Å². The van der Waals surface area contributed by atoms with Gasteiger partial charge in [0.25, 0.3) is 0 Å². The summed E-state index contributed by atoms with van der Waals surface area (Å²) in [4.78, 5) is 0. The van der Waals surface area contributed by atoms with E-state index in [1.807, 2.05) is 36.9 Å². The molecule has 0 bridgehead atoms. The monoisotopic (exact) mass is 230 g/mol. The molecule has 15 heavy (non-hydrogen) atoms. The van der Waals surface area contributed by atoms with Crippen molar-refractivity contribution in [1.29, 1.82) is 0 Å². The van der Waals surface area contributed by atoms with Crippen LogP contribution in [0.3, 0.4) is 0 Å². The van der Waals surface area contributed by atoms with Crippen molar-refractivity contribution < 1.29 is 8.42 Å². The van der Waals surface area contributed by atoms with Gasteiger partial charge in [-0.1, -0.05) is 0 Å². The molecule has 1 heterocycles. The van der Waals surface area contributed by atoms with Gasteiger partial charge in [-0.25, -0.2) is 8.42 Å². The molecule has 0 saturated heterocycles. The van der Waals surface area contributed by atoms with Gasteiger partial charge in [0, 0.05) is 37.8 Å². The molecular weight excluding hydrogens is 212 g/mol. The SMILES string of the molecule is CC(CS(C)(=O)=O)NCc1cccn1C. The molecule has 0 aliphatic heterocycles. The zero-order valence-electron chi connectivity index (χ0n) is 9.40. The first kappa shape index (κ1) is 12.3. The summed E-state index contributed by atoms with van der Waals surface area (Å²) in [6, 6.07) is 3.97. The molecule has 0 aliphatic carbocycles. The van der Waals surface area contributed by atoms with Crippen LogP contribution in [0.2, 0.25) is 0 Å². The summed E-state index contributed by atoms with van der Waals surface area (Å²) in [6.45, 7) is 2.57. The Kier molecular flexibility index (Phi) is 3.93. The summed E-state index contributed by atoms with van der Waals surface area (Å²) in [7, 11) is -0.923. The third-order valence-electron chi connectivity index (χ3n) is 2.24. The smallest absolute Gasteiger partial charge is 0.148 e. The number of hydrogen-bond acceptors (Lipinski definition) is 3. The van der Waals surface area contributed by atoms with Gasteiger partial charge < -0.3 is 9.88 Å². The highest BCUT2D eigenvalue weighted by Crippen LogP contribution is 2.00. The molecule has 0 aliphatic rings. The number of aryl methyl sites for hydroxylation is 1. The summed E-state index contributed by atoms with van der Waals surface area (Å²) in [6.07, 6.45) is 3.23. The molecule has 1 aromatic rings. The van der Waals surface area contributed by atoms with E-state index in [1.165, 1.54) is 6.26 Å². The maximum Gasteiger partial charge on any atom is 0.148 e. The molecule has 0 radical (unpaired) electrons. The summed E-state index contributed by atoms with van der Waals surface area (Å²) in [5, 5.41) is 3.18. The molecule has 1 unspecified atom stereocenters. The highest BCUT2D eigenvalue weighted by atomic mass is 32.2. The van der Waals surface area contributed by atoms with Crippen molar-refractivity contribution in [3.8, 4) is 0 Å². The van der Waals surface area contributed by atoms with Crippen LogP contribution in [0.1, 0.15) is 12.6 Å². The van der Waals surface area contributed by atoms with Gasteiger partial charge in [0.15, 0.2) is 0 Å². The molecule has 1 N–H and O–H groups in total. The Labute approximate surface area is 91.2 Å². The van der Waals surface area contributed by atoms with E-state index in [2.05, 4.69) is 5.32 Å². The predicted molar refractivity (Wildman–Crippen MR) is 61.4 cm³/mol. The van der Waals surface area contributed by atoms with Crippen molar-refractivity contribution in [3.63, 3.8) is 0 Å². The molecule has 1 atom stereocenters. The molecule has 5 heteroatoms. The third kappa shape index (κ3) is 4.48. The minimum atomic E-state index is -2.89. The quantitative estimate of drug-likeness (QED) is 0.803. The first-order valence-corrected chi connectivity index (χ1v) is 6.96. The number of rotatable bonds is 5. The fourth-order valence-corrected chi connectivity index (χ4v) is 2.50. The normalized spacial score (nSPS) is 14.1. The van der Waals surface area contributed by atoms with E-state index < -0.39 is 9.84 Å². The van der Waals surface area contributed by atoms with Gasteiger partial charge >= 0.3 is 0 Å². The van der Waals surface area contributed by atoms with Crippen LogP contribution in [-0.2, 0) is 23.4 Å². The van der Waals surface area contributed by atoms with Gasteiger partial charge in [0.05, 0.1) is 5.75 Å².